The van der Waals surface area contributed by atoms with E-state index in [-0.39, 0.29) is 20.9 Å². The number of para-hydroxylation sites is 1. The molecule has 1 aromatic heterocycles. The third kappa shape index (κ3) is 2.48. The quantitative estimate of drug-likeness (QED) is 0.586. The molecule has 0 unspecified atom stereocenters. The summed E-state index contributed by atoms with van der Waals surface area (Å²) >= 11 is 0.156. The van der Waals surface area contributed by atoms with Gasteiger partial charge in [-0.25, -0.2) is 0 Å². The van der Waals surface area contributed by atoms with Crippen LogP contribution in [0, 0.1) is 0 Å². The summed E-state index contributed by atoms with van der Waals surface area (Å²) in [4.78, 5) is 14.8. The van der Waals surface area contributed by atoms with Crippen LogP contribution in [0.3, 0.4) is 0 Å². The van der Waals surface area contributed by atoms with E-state index in [0.29, 0.717) is 5.56 Å². The molecule has 0 aliphatic carbocycles. The van der Waals surface area contributed by atoms with Gasteiger partial charge in [0.2, 0.25) is 0 Å². The van der Waals surface area contributed by atoms with Gasteiger partial charge in [0.05, 0.1) is 0 Å². The SMILES string of the molecule is COC(=O)c1cccc([Se]c2c[nH]c3ccccc23)c1. The average molecular weight is 330 g/mol. The van der Waals surface area contributed by atoms with Crippen LogP contribution >= 0.6 is 0 Å². The molecule has 1 N–H and O–H groups in total. The second kappa shape index (κ2) is 5.53. The first-order valence-corrected chi connectivity index (χ1v) is 7.91. The average Bonchev–Trinajstić information content (AvgIpc) is 2.90. The van der Waals surface area contributed by atoms with Crippen LogP contribution in [0.4, 0.5) is 0 Å². The zero-order chi connectivity index (χ0) is 13.9. The van der Waals surface area contributed by atoms with Crippen LogP contribution in [0.5, 0.6) is 0 Å². The van der Waals surface area contributed by atoms with Gasteiger partial charge in [0.25, 0.3) is 0 Å². The van der Waals surface area contributed by atoms with Gasteiger partial charge in [-0.2, -0.15) is 0 Å². The first kappa shape index (κ1) is 13.0. The van der Waals surface area contributed by atoms with Crippen molar-refractivity contribution in [1.29, 1.82) is 0 Å². The van der Waals surface area contributed by atoms with Crippen molar-refractivity contribution in [3.05, 3.63) is 60.3 Å². The van der Waals surface area contributed by atoms with Gasteiger partial charge in [0.15, 0.2) is 0 Å². The molecule has 0 radical (unpaired) electrons. The number of H-pyrrole nitrogens is 1. The molecule has 3 aromatic rings. The van der Waals surface area contributed by atoms with Crippen molar-refractivity contribution in [1.82, 2.24) is 4.98 Å². The molecule has 0 saturated carbocycles. The topological polar surface area (TPSA) is 42.1 Å². The monoisotopic (exact) mass is 331 g/mol. The second-order valence-electron chi connectivity index (χ2n) is 4.32. The molecule has 1 heterocycles. The Morgan fingerprint density at radius 2 is 2.00 bits per heavy atom. The predicted molar refractivity (Wildman–Crippen MR) is 81.1 cm³/mol. The predicted octanol–water partition coefficient (Wildman–Crippen LogP) is 1.61. The summed E-state index contributed by atoms with van der Waals surface area (Å²) in [6.07, 6.45) is 2.05. The molecule has 3 rings (SSSR count). The van der Waals surface area contributed by atoms with E-state index in [1.54, 1.807) is 6.07 Å². The molecule has 0 aliphatic rings. The molecule has 0 spiro atoms. The maximum absolute atomic E-state index is 11.6. The molecular formula is C16H13NO2Se. The number of benzene rings is 2. The second-order valence-corrected chi connectivity index (χ2v) is 6.66. The van der Waals surface area contributed by atoms with Crippen LogP contribution in [0.2, 0.25) is 0 Å². The molecule has 0 amide bonds. The number of aromatic nitrogens is 1. The van der Waals surface area contributed by atoms with Gasteiger partial charge in [0, 0.05) is 0 Å². The third-order valence-electron chi connectivity index (χ3n) is 3.03. The first-order valence-electron chi connectivity index (χ1n) is 6.20. The summed E-state index contributed by atoms with van der Waals surface area (Å²) in [6.45, 7) is 0. The number of methoxy groups -OCH3 is 1. The van der Waals surface area contributed by atoms with Gasteiger partial charge in [-0.05, 0) is 0 Å². The van der Waals surface area contributed by atoms with Gasteiger partial charge in [0.1, 0.15) is 0 Å². The number of carbonyl (C=O) groups excluding carboxylic acids is 1. The van der Waals surface area contributed by atoms with Gasteiger partial charge < -0.3 is 0 Å². The number of nitrogens with one attached hydrogen (secondary N) is 1. The van der Waals surface area contributed by atoms with Crippen LogP contribution < -0.4 is 8.92 Å². The van der Waals surface area contributed by atoms with Crippen molar-refractivity contribution in [2.45, 2.75) is 0 Å². The minimum absolute atomic E-state index is 0.156. The van der Waals surface area contributed by atoms with Crippen molar-refractivity contribution in [3.63, 3.8) is 0 Å². The van der Waals surface area contributed by atoms with E-state index in [9.17, 15) is 4.79 Å². The van der Waals surface area contributed by atoms with Crippen LogP contribution in [0.1, 0.15) is 10.4 Å². The van der Waals surface area contributed by atoms with Gasteiger partial charge in [-0.3, -0.25) is 0 Å². The fraction of sp³-hybridized carbons (Fsp3) is 0.0625. The molecule has 0 atom stereocenters. The fourth-order valence-corrected chi connectivity index (χ4v) is 4.14. The Balaban J connectivity index is 1.93. The Morgan fingerprint density at radius 1 is 1.15 bits per heavy atom. The van der Waals surface area contributed by atoms with E-state index < -0.39 is 0 Å². The zero-order valence-electron chi connectivity index (χ0n) is 10.9. The summed E-state index contributed by atoms with van der Waals surface area (Å²) in [5.41, 5.74) is 1.75. The van der Waals surface area contributed by atoms with Crippen LogP contribution in [-0.2, 0) is 4.74 Å². The maximum atomic E-state index is 11.6. The molecule has 2 aromatic carbocycles. The summed E-state index contributed by atoms with van der Waals surface area (Å²) in [6, 6.07) is 15.9. The molecule has 4 heteroatoms. The molecular weight excluding hydrogens is 317 g/mol. The minimum atomic E-state index is -0.290. The normalized spacial score (nSPS) is 10.7. The summed E-state index contributed by atoms with van der Waals surface area (Å²) in [7, 11) is 1.40. The van der Waals surface area contributed by atoms with Crippen molar-refractivity contribution in [3.8, 4) is 0 Å². The van der Waals surface area contributed by atoms with Gasteiger partial charge >= 0.3 is 123 Å². The third-order valence-corrected chi connectivity index (χ3v) is 5.23. The molecule has 20 heavy (non-hydrogen) atoms. The Kier molecular flexibility index (Phi) is 3.59. The molecule has 0 fully saturated rings. The van der Waals surface area contributed by atoms with Crippen molar-refractivity contribution in [2.24, 2.45) is 0 Å². The van der Waals surface area contributed by atoms with Crippen LogP contribution in [0.15, 0.2) is 54.7 Å². The number of aromatic amines is 1. The molecule has 0 saturated heterocycles. The van der Waals surface area contributed by atoms with E-state index in [4.69, 9.17) is 4.74 Å². The van der Waals surface area contributed by atoms with E-state index in [2.05, 4.69) is 23.3 Å². The molecule has 100 valence electrons. The number of hydrogen-bond acceptors (Lipinski definition) is 2. The van der Waals surface area contributed by atoms with Crippen molar-refractivity contribution >= 4 is 40.8 Å². The summed E-state index contributed by atoms with van der Waals surface area (Å²) in [5, 5.41) is 1.25. The van der Waals surface area contributed by atoms with E-state index in [1.165, 1.54) is 17.0 Å². The molecule has 3 nitrogen and oxygen atoms in total. The van der Waals surface area contributed by atoms with E-state index >= 15 is 0 Å². The number of esters is 1. The summed E-state index contributed by atoms with van der Waals surface area (Å²) in [5.74, 6) is -0.290. The van der Waals surface area contributed by atoms with E-state index in [1.807, 2.05) is 30.3 Å². The number of hydrogen-bond donors (Lipinski definition) is 1. The van der Waals surface area contributed by atoms with Crippen molar-refractivity contribution < 1.29 is 9.53 Å². The number of carbonyl (C=O) groups is 1. The number of fused-ring (bicyclic) bond motifs is 1. The zero-order valence-corrected chi connectivity index (χ0v) is 12.6. The van der Waals surface area contributed by atoms with Gasteiger partial charge in [-0.1, -0.05) is 0 Å². The first-order chi connectivity index (χ1) is 9.78. The molecule has 0 bridgehead atoms. The Bertz CT molecular complexity index is 764. The Hall–Kier alpha value is -2.03. The molecule has 0 aliphatic heterocycles. The van der Waals surface area contributed by atoms with Crippen LogP contribution in [-0.4, -0.2) is 33.0 Å². The Labute approximate surface area is 123 Å². The standard InChI is InChI=1S/C16H13NO2Se/c1-19-16(18)11-5-4-6-12(9-11)20-15-10-17-14-8-3-2-7-13(14)15/h2-10,17H,1H3. The Morgan fingerprint density at radius 3 is 2.85 bits per heavy atom. The fourth-order valence-electron chi connectivity index (χ4n) is 2.06. The van der Waals surface area contributed by atoms with Crippen LogP contribution in [0.25, 0.3) is 10.9 Å². The number of ether oxygens (including phenoxy) is 1. The van der Waals surface area contributed by atoms with Gasteiger partial charge in [-0.15, -0.1) is 0 Å². The number of rotatable bonds is 3. The summed E-state index contributed by atoms with van der Waals surface area (Å²) < 4.78 is 7.20. The van der Waals surface area contributed by atoms with Crippen molar-refractivity contribution in [2.75, 3.05) is 7.11 Å². The van der Waals surface area contributed by atoms with E-state index in [0.717, 1.165) is 9.98 Å².